The van der Waals surface area contributed by atoms with Crippen LogP contribution in [0.2, 0.25) is 0 Å². The molecule has 4 aliphatic rings. The molecule has 5 aromatic carbocycles. The highest BCUT2D eigenvalue weighted by atomic mass is 14.2. The SMILES string of the molecule is Cc1ccc(C)cc1.Cc1cccc(C)c1.Cc1cccc(C)c1C.Cc1ccccc1.Cc1ccccc1C.[2H]C1([2H])C(C)C([2H])([2H])C([2H])([2H])C([2H])([2H])C1([2H])[2H].[2H]C1([2H])C(C)C([2H])([2H])C([2H])([2H])C1([2H])[2H].[2H]C1([2H])C(CC)C([2H])([2H])C([2H])([2H])C([2H])([2H])C1([2H])[2H].[2H]C1([2H])C(CC)C([2H])([2H])C([2H])([2H])C1([2H])[2H]. The molecule has 0 amide bonds. The molecule has 0 saturated heterocycles. The van der Waals surface area contributed by atoms with Crippen molar-refractivity contribution in [1.29, 1.82) is 0 Å². The van der Waals surface area contributed by atoms with Gasteiger partial charge in [-0.2, -0.15) is 0 Å². The second-order valence-corrected chi connectivity index (χ2v) is 16.3. The van der Waals surface area contributed by atoms with Gasteiger partial charge in [-0.15, -0.1) is 0 Å². The molecule has 0 unspecified atom stereocenters. The lowest BCUT2D eigenvalue weighted by molar-refractivity contribution is 0.349. The Labute approximate surface area is 474 Å². The summed E-state index contributed by atoms with van der Waals surface area (Å²) in [4.78, 5) is 0. The minimum Gasteiger partial charge on any atom is -0.0651 e. The summed E-state index contributed by atoms with van der Waals surface area (Å²) in [7, 11) is 0. The van der Waals surface area contributed by atoms with E-state index in [1.165, 1.54) is 76.4 Å². The Bertz CT molecular complexity index is 3340. The molecule has 0 nitrogen and oxygen atoms in total. The van der Waals surface area contributed by atoms with E-state index in [1.54, 1.807) is 0 Å². The average molecular weight is 960 g/mol. The molecule has 9 rings (SSSR count). The quantitative estimate of drug-likeness (QED) is 0.165. The average Bonchev–Trinajstić information content (AvgIpc) is 1.25. The van der Waals surface area contributed by atoms with Gasteiger partial charge in [0.15, 0.2) is 0 Å². The Morgan fingerprint density at radius 3 is 0.882 bits per heavy atom. The van der Waals surface area contributed by atoms with Crippen molar-refractivity contribution in [1.82, 2.24) is 0 Å². The number of hydrogen-bond donors (Lipinski definition) is 0. The smallest absolute Gasteiger partial charge is 0.0269 e. The Balaban J connectivity index is 0.000000596. The van der Waals surface area contributed by atoms with Crippen LogP contribution in [0, 0.1) is 92.9 Å². The van der Waals surface area contributed by atoms with Crippen LogP contribution < -0.4 is 0 Å². The first-order valence-corrected chi connectivity index (χ1v) is 23.3. The van der Waals surface area contributed by atoms with Crippen molar-refractivity contribution in [3.05, 3.63) is 177 Å². The fourth-order valence-corrected chi connectivity index (χ4v) is 5.22. The van der Waals surface area contributed by atoms with Gasteiger partial charge in [-0.1, -0.05) is 304 Å². The molecule has 378 valence electrons. The van der Waals surface area contributed by atoms with Gasteiger partial charge in [-0.3, -0.25) is 0 Å². The topological polar surface area (TPSA) is 0 Å². The van der Waals surface area contributed by atoms with E-state index in [1.807, 2.05) is 18.2 Å². The van der Waals surface area contributed by atoms with Crippen LogP contribution in [0.1, 0.15) is 260 Å². The van der Waals surface area contributed by atoms with Crippen molar-refractivity contribution in [2.24, 2.45) is 23.7 Å². The molecule has 4 fully saturated rings. The number of hydrogen-bond acceptors (Lipinski definition) is 0. The van der Waals surface area contributed by atoms with E-state index in [9.17, 15) is 0 Å². The van der Waals surface area contributed by atoms with Gasteiger partial charge in [0, 0.05) is 49.3 Å². The zero-order valence-corrected chi connectivity index (χ0v) is 43.3. The molecule has 0 radical (unpaired) electrons. The lowest BCUT2D eigenvalue weighted by Crippen LogP contribution is -2.03. The lowest BCUT2D eigenvalue weighted by atomic mass is 9.88. The van der Waals surface area contributed by atoms with E-state index < -0.39 is 138 Å². The molecule has 0 heteroatoms. The Morgan fingerprint density at radius 1 is 0.324 bits per heavy atom. The summed E-state index contributed by atoms with van der Waals surface area (Å²) in [5.41, 5.74) is 13.6. The van der Waals surface area contributed by atoms with E-state index in [2.05, 4.69) is 172 Å². The first-order chi connectivity index (χ1) is 46.2. The van der Waals surface area contributed by atoms with Crippen molar-refractivity contribution >= 4 is 0 Å². The summed E-state index contributed by atoms with van der Waals surface area (Å²) >= 11 is 0. The molecule has 0 atom stereocenters. The summed E-state index contributed by atoms with van der Waals surface area (Å²) < 4.78 is 271. The van der Waals surface area contributed by atoms with Crippen molar-refractivity contribution < 1.29 is 49.3 Å². The minimum absolute atomic E-state index is 0.0685. The van der Waals surface area contributed by atoms with Crippen LogP contribution in [0.15, 0.2) is 121 Å². The molecule has 0 bridgehead atoms. The van der Waals surface area contributed by atoms with Crippen molar-refractivity contribution in [2.75, 3.05) is 0 Å². The molecule has 0 aromatic heterocycles. The van der Waals surface area contributed by atoms with Gasteiger partial charge in [0.2, 0.25) is 0 Å². The van der Waals surface area contributed by atoms with Crippen LogP contribution >= 0.6 is 0 Å². The Morgan fingerprint density at radius 2 is 0.603 bits per heavy atom. The largest absolute Gasteiger partial charge is 0.0651 e. The van der Waals surface area contributed by atoms with Crippen LogP contribution in [0.3, 0.4) is 0 Å². The van der Waals surface area contributed by atoms with E-state index >= 15 is 0 Å². The lowest BCUT2D eigenvalue weighted by Gasteiger charge is -2.18. The summed E-state index contributed by atoms with van der Waals surface area (Å²) in [6.07, 6.45) is -51.5. The van der Waals surface area contributed by atoms with Gasteiger partial charge in [-0.05, 0) is 121 Å². The molecule has 0 N–H and O–H groups in total. The van der Waals surface area contributed by atoms with Crippen molar-refractivity contribution in [3.8, 4) is 0 Å². The van der Waals surface area contributed by atoms with Crippen LogP contribution in [0.5, 0.6) is 0 Å². The maximum atomic E-state index is 7.72. The third-order valence-electron chi connectivity index (χ3n) is 9.97. The third-order valence-corrected chi connectivity index (χ3v) is 9.97. The third kappa shape index (κ3) is 33.6. The molecular formula is C68H106. The van der Waals surface area contributed by atoms with Crippen molar-refractivity contribution in [2.45, 2.75) is 224 Å². The highest BCUT2D eigenvalue weighted by molar-refractivity contribution is 5.31. The number of aryl methyl sites for hydroxylation is 9. The van der Waals surface area contributed by atoms with Crippen LogP contribution in [0.25, 0.3) is 0 Å². The van der Waals surface area contributed by atoms with Gasteiger partial charge in [0.25, 0.3) is 0 Å². The van der Waals surface area contributed by atoms with E-state index in [4.69, 9.17) is 49.3 Å². The molecular weight excluding hydrogens is 817 g/mol. The second kappa shape index (κ2) is 39.9. The first kappa shape index (κ1) is 25.5. The zero-order valence-electron chi connectivity index (χ0n) is 79.3. The maximum Gasteiger partial charge on any atom is 0.0269 e. The van der Waals surface area contributed by atoms with Gasteiger partial charge in [0.1, 0.15) is 0 Å². The van der Waals surface area contributed by atoms with Crippen LogP contribution in [-0.2, 0) is 0 Å². The molecule has 4 saturated carbocycles. The number of rotatable bonds is 2. The summed E-state index contributed by atoms with van der Waals surface area (Å²) in [5.74, 6) is -5.75. The van der Waals surface area contributed by atoms with Crippen LogP contribution in [0.4, 0.5) is 0 Å². The maximum absolute atomic E-state index is 7.72. The molecule has 4 aliphatic carbocycles. The Kier molecular flexibility index (Phi) is 14.9. The van der Waals surface area contributed by atoms with Gasteiger partial charge in [-0.25, -0.2) is 0 Å². The van der Waals surface area contributed by atoms with E-state index in [0.717, 1.165) is 6.92 Å². The van der Waals surface area contributed by atoms with Crippen LogP contribution in [-0.4, -0.2) is 0 Å². The Hall–Kier alpha value is -3.90. The molecule has 0 heterocycles. The minimum atomic E-state index is -3.27. The van der Waals surface area contributed by atoms with Gasteiger partial charge in [0.05, 0.1) is 0 Å². The fourth-order valence-electron chi connectivity index (χ4n) is 5.22. The zero-order chi connectivity index (χ0) is 82.6. The van der Waals surface area contributed by atoms with E-state index in [-0.39, 0.29) is 12.8 Å². The normalized spacial score (nSPS) is 36.7. The predicted molar refractivity (Wildman–Crippen MR) is 309 cm³/mol. The van der Waals surface area contributed by atoms with Gasteiger partial charge < -0.3 is 0 Å². The highest BCUT2D eigenvalue weighted by Crippen LogP contribution is 2.27. The molecule has 0 aliphatic heterocycles. The van der Waals surface area contributed by atoms with Gasteiger partial charge >= 0.3 is 0 Å². The highest BCUT2D eigenvalue weighted by Gasteiger charge is 2.11. The molecule has 5 aromatic rings. The summed E-state index contributed by atoms with van der Waals surface area (Å²) in [5, 5.41) is 0. The standard InChI is InChI=1S/C9H12.3C8H10.C8H16.C7H14.C7H8.C7H14.C6H12/c1-7-5-4-6-8(2)9(7)3;1-7-3-5-8(2)6-4-7;1-7-4-3-5-8(2)6-7;1-7-5-3-4-6-8(7)2;1-2-8-6-4-3-5-7-8;2*1-7-5-3-2-4-6-7;1-2-7-5-3-4-6-7;1-6-4-2-3-5-6/h4-6H,1-3H3;3*3-6H,1-2H3;8H,2-7H2,1H3;7H,2-6H2,1H3;2-6H,1H3;7H,2-6H2,1H3;6H,2-5H2,1H3/i;;;;3D2,4D2,5D2,6D2,7D2;2D2,3D2,4D2,5D2,6D2;;3D2,4D2,5D2,6D2;2D2,3D2,4D2,5D2. The monoisotopic (exact) mass is 959 g/mol. The molecule has 0 spiro atoms. The second-order valence-electron chi connectivity index (χ2n) is 16.3. The predicted octanol–water partition coefficient (Wildman–Crippen LogP) is 21.9. The summed E-state index contributed by atoms with van der Waals surface area (Å²) in [6.45, 7) is 26.4. The van der Waals surface area contributed by atoms with E-state index in [0.29, 0.717) is 0 Å². The fraction of sp³-hybridized carbons (Fsp3) is 0.559. The molecule has 68 heavy (non-hydrogen) atoms. The number of benzene rings is 5. The first-order valence-electron chi connectivity index (χ1n) is 41.3. The van der Waals surface area contributed by atoms with Crippen molar-refractivity contribution in [3.63, 3.8) is 0 Å². The summed E-state index contributed by atoms with van der Waals surface area (Å²) in [6, 6.07) is 41.9.